The fourth-order valence-corrected chi connectivity index (χ4v) is 3.89. The molecule has 0 fully saturated rings. The predicted molar refractivity (Wildman–Crippen MR) is 105 cm³/mol. The molecular weight excluding hydrogens is 415 g/mol. The predicted octanol–water partition coefficient (Wildman–Crippen LogP) is 4.77. The molecule has 0 atom stereocenters. The number of nitrogens with zero attached hydrogens (tertiary/aromatic N) is 1. The average Bonchev–Trinajstić information content (AvgIpc) is 3.04. The molecule has 1 heterocycles. The molecule has 1 amide bonds. The lowest BCUT2D eigenvalue weighted by atomic mass is 10.2. The van der Waals surface area contributed by atoms with Crippen molar-refractivity contribution >= 4 is 55.4 Å². The van der Waals surface area contributed by atoms with E-state index in [1.54, 1.807) is 23.6 Å². The second-order valence-electron chi connectivity index (χ2n) is 5.41. The number of rotatable bonds is 4. The first-order valence-corrected chi connectivity index (χ1v) is 10.8. The lowest BCUT2D eigenvalue weighted by Gasteiger charge is -2.04. The Morgan fingerprint density at radius 1 is 1.12 bits per heavy atom. The summed E-state index contributed by atoms with van der Waals surface area (Å²) in [4.78, 5) is 16.8. The van der Waals surface area contributed by atoms with Crippen LogP contribution in [0.25, 0.3) is 11.3 Å². The third kappa shape index (κ3) is 4.24. The minimum Gasteiger partial charge on any atom is -0.298 e. The Labute approximate surface area is 164 Å². The Balaban J connectivity index is 1.79. The molecule has 0 aliphatic rings. The summed E-state index contributed by atoms with van der Waals surface area (Å²) in [6.45, 7) is 0. The highest BCUT2D eigenvalue weighted by Crippen LogP contribution is 2.32. The molecule has 0 saturated carbocycles. The third-order valence-corrected chi connectivity index (χ3v) is 5.92. The molecule has 3 rings (SSSR count). The van der Waals surface area contributed by atoms with Gasteiger partial charge in [0.15, 0.2) is 15.0 Å². The van der Waals surface area contributed by atoms with Crippen LogP contribution in [0.15, 0.2) is 52.7 Å². The number of thiazole rings is 1. The summed E-state index contributed by atoms with van der Waals surface area (Å²) in [6.07, 6.45) is 1.11. The van der Waals surface area contributed by atoms with Gasteiger partial charge in [0.25, 0.3) is 5.91 Å². The van der Waals surface area contributed by atoms with Crippen molar-refractivity contribution in [2.24, 2.45) is 0 Å². The zero-order valence-electron chi connectivity index (χ0n) is 13.4. The van der Waals surface area contributed by atoms with Crippen LogP contribution in [0.4, 0.5) is 5.13 Å². The van der Waals surface area contributed by atoms with Crippen LogP contribution in [-0.4, -0.2) is 25.6 Å². The van der Waals surface area contributed by atoms with Crippen LogP contribution >= 0.6 is 34.5 Å². The maximum Gasteiger partial charge on any atom is 0.257 e. The zero-order valence-corrected chi connectivity index (χ0v) is 16.5. The molecule has 0 radical (unpaired) electrons. The maximum atomic E-state index is 12.3. The number of benzene rings is 2. The zero-order chi connectivity index (χ0) is 18.9. The largest absolute Gasteiger partial charge is 0.298 e. The first-order chi connectivity index (χ1) is 12.2. The minimum absolute atomic E-state index is 0.154. The van der Waals surface area contributed by atoms with E-state index in [1.165, 1.54) is 35.6 Å². The van der Waals surface area contributed by atoms with E-state index in [9.17, 15) is 13.2 Å². The monoisotopic (exact) mass is 426 g/mol. The van der Waals surface area contributed by atoms with Gasteiger partial charge >= 0.3 is 0 Å². The van der Waals surface area contributed by atoms with Gasteiger partial charge in [0.2, 0.25) is 0 Å². The van der Waals surface area contributed by atoms with Crippen molar-refractivity contribution in [2.45, 2.75) is 4.90 Å². The van der Waals surface area contributed by atoms with Crippen molar-refractivity contribution in [2.75, 3.05) is 11.6 Å². The van der Waals surface area contributed by atoms with Gasteiger partial charge in [-0.25, -0.2) is 13.4 Å². The quantitative estimate of drug-likeness (QED) is 0.651. The number of carbonyl (C=O) groups is 1. The number of hydrogen-bond acceptors (Lipinski definition) is 5. The molecule has 2 aromatic carbocycles. The van der Waals surface area contributed by atoms with Crippen LogP contribution in [0.5, 0.6) is 0 Å². The lowest BCUT2D eigenvalue weighted by Crippen LogP contribution is -2.12. The van der Waals surface area contributed by atoms with Gasteiger partial charge in [0.1, 0.15) is 0 Å². The second-order valence-corrected chi connectivity index (χ2v) is 9.13. The standard InChI is InChI=1S/C17H12Cl2N2O3S2/c1-26(23,24)12-5-2-10(3-6-12)16(22)21-17-20-15(9-25-17)13-8-11(18)4-7-14(13)19/h2-9H,1H3,(H,20,21,22). The van der Waals surface area contributed by atoms with Crippen molar-refractivity contribution in [3.8, 4) is 11.3 Å². The SMILES string of the molecule is CS(=O)(=O)c1ccc(C(=O)Nc2nc(-c3cc(Cl)ccc3Cl)cs2)cc1. The molecule has 0 unspecified atom stereocenters. The van der Waals surface area contributed by atoms with Crippen LogP contribution in [-0.2, 0) is 9.84 Å². The van der Waals surface area contributed by atoms with Crippen LogP contribution in [0.2, 0.25) is 10.0 Å². The van der Waals surface area contributed by atoms with Gasteiger partial charge in [-0.15, -0.1) is 11.3 Å². The van der Waals surface area contributed by atoms with Crippen LogP contribution in [0, 0.1) is 0 Å². The molecule has 0 bridgehead atoms. The molecular formula is C17H12Cl2N2O3S2. The minimum atomic E-state index is -3.30. The summed E-state index contributed by atoms with van der Waals surface area (Å²) < 4.78 is 22.9. The highest BCUT2D eigenvalue weighted by molar-refractivity contribution is 7.90. The summed E-state index contributed by atoms with van der Waals surface area (Å²) >= 11 is 13.4. The van der Waals surface area contributed by atoms with E-state index < -0.39 is 9.84 Å². The first kappa shape index (κ1) is 18.8. The molecule has 0 aliphatic carbocycles. The topological polar surface area (TPSA) is 76.1 Å². The molecule has 26 heavy (non-hydrogen) atoms. The fourth-order valence-electron chi connectivity index (χ4n) is 2.17. The maximum absolute atomic E-state index is 12.3. The molecule has 5 nitrogen and oxygen atoms in total. The molecule has 0 spiro atoms. The van der Waals surface area contributed by atoms with Crippen molar-refractivity contribution in [3.63, 3.8) is 0 Å². The number of carbonyl (C=O) groups excluding carboxylic acids is 1. The van der Waals surface area contributed by atoms with Gasteiger partial charge in [0, 0.05) is 27.8 Å². The Hall–Kier alpha value is -1.93. The number of anilines is 1. The Morgan fingerprint density at radius 2 is 1.81 bits per heavy atom. The van der Waals surface area contributed by atoms with E-state index >= 15 is 0 Å². The number of sulfone groups is 1. The third-order valence-electron chi connectivity index (χ3n) is 3.47. The number of nitrogens with one attached hydrogen (secondary N) is 1. The fraction of sp³-hybridized carbons (Fsp3) is 0.0588. The van der Waals surface area contributed by atoms with Crippen LogP contribution in [0.1, 0.15) is 10.4 Å². The molecule has 134 valence electrons. The summed E-state index contributed by atoms with van der Waals surface area (Å²) in [7, 11) is -3.30. The van der Waals surface area contributed by atoms with Crippen LogP contribution < -0.4 is 5.32 Å². The Morgan fingerprint density at radius 3 is 2.46 bits per heavy atom. The lowest BCUT2D eigenvalue weighted by molar-refractivity contribution is 0.102. The van der Waals surface area contributed by atoms with E-state index in [-0.39, 0.29) is 10.8 Å². The van der Waals surface area contributed by atoms with Crippen molar-refractivity contribution < 1.29 is 13.2 Å². The normalized spacial score (nSPS) is 11.3. The van der Waals surface area contributed by atoms with Gasteiger partial charge in [-0.2, -0.15) is 0 Å². The van der Waals surface area contributed by atoms with Crippen molar-refractivity contribution in [3.05, 3.63) is 63.5 Å². The molecule has 9 heteroatoms. The first-order valence-electron chi connectivity index (χ1n) is 7.26. The molecule has 1 aromatic heterocycles. The van der Waals surface area contributed by atoms with E-state index in [1.807, 2.05) is 0 Å². The highest BCUT2D eigenvalue weighted by atomic mass is 35.5. The number of hydrogen-bond donors (Lipinski definition) is 1. The van der Waals surface area contributed by atoms with Gasteiger partial charge in [-0.1, -0.05) is 23.2 Å². The Bertz CT molecular complexity index is 1080. The number of aromatic nitrogens is 1. The van der Waals surface area contributed by atoms with Gasteiger partial charge in [-0.3, -0.25) is 10.1 Å². The average molecular weight is 427 g/mol. The molecule has 1 N–H and O–H groups in total. The summed E-state index contributed by atoms with van der Waals surface area (Å²) in [5, 5.41) is 5.89. The molecule has 3 aromatic rings. The van der Waals surface area contributed by atoms with Gasteiger partial charge in [0.05, 0.1) is 15.6 Å². The molecule has 0 saturated heterocycles. The van der Waals surface area contributed by atoms with E-state index in [2.05, 4.69) is 10.3 Å². The van der Waals surface area contributed by atoms with E-state index in [0.717, 1.165) is 6.26 Å². The number of amides is 1. The highest BCUT2D eigenvalue weighted by Gasteiger charge is 2.13. The smallest absolute Gasteiger partial charge is 0.257 e. The summed E-state index contributed by atoms with van der Waals surface area (Å²) in [5.74, 6) is -0.386. The van der Waals surface area contributed by atoms with Gasteiger partial charge in [-0.05, 0) is 42.5 Å². The van der Waals surface area contributed by atoms with E-state index in [0.29, 0.717) is 32.0 Å². The Kier molecular flexibility index (Phi) is 5.34. The van der Waals surface area contributed by atoms with E-state index in [4.69, 9.17) is 23.2 Å². The van der Waals surface area contributed by atoms with Crippen molar-refractivity contribution in [1.29, 1.82) is 0 Å². The number of halogens is 2. The van der Waals surface area contributed by atoms with Crippen molar-refractivity contribution in [1.82, 2.24) is 4.98 Å². The summed E-state index contributed by atoms with van der Waals surface area (Å²) in [5.41, 5.74) is 1.61. The van der Waals surface area contributed by atoms with Crippen LogP contribution in [0.3, 0.4) is 0 Å². The summed E-state index contributed by atoms with van der Waals surface area (Å²) in [6, 6.07) is 10.8. The van der Waals surface area contributed by atoms with Gasteiger partial charge < -0.3 is 0 Å². The second kappa shape index (κ2) is 7.36. The molecule has 0 aliphatic heterocycles.